The zero-order chi connectivity index (χ0) is 29.9. The molecule has 0 radical (unpaired) electrons. The van der Waals surface area contributed by atoms with Crippen molar-refractivity contribution in [3.8, 4) is 5.82 Å². The van der Waals surface area contributed by atoms with Crippen LogP contribution in [0.3, 0.4) is 0 Å². The minimum atomic E-state index is -0.104. The fraction of sp³-hybridized carbons (Fsp3) is 0.206. The zero-order valence-electron chi connectivity index (χ0n) is 24.4. The Hall–Kier alpha value is -5.35. The van der Waals surface area contributed by atoms with Gasteiger partial charge in [0.05, 0.1) is 16.7 Å². The lowest BCUT2D eigenvalue weighted by Crippen LogP contribution is -2.60. The summed E-state index contributed by atoms with van der Waals surface area (Å²) in [5, 5.41) is 8.83. The van der Waals surface area contributed by atoms with E-state index in [0.29, 0.717) is 19.0 Å². The van der Waals surface area contributed by atoms with Gasteiger partial charge in [-0.25, -0.2) is 14.8 Å². The molecule has 2 atom stereocenters. The Balaban J connectivity index is 1.12. The van der Waals surface area contributed by atoms with Gasteiger partial charge >= 0.3 is 6.03 Å². The second-order valence-electron chi connectivity index (χ2n) is 11.1. The monoisotopic (exact) mass is 583 g/mol. The van der Waals surface area contributed by atoms with Gasteiger partial charge in [0.1, 0.15) is 12.1 Å². The third-order valence-corrected chi connectivity index (χ3v) is 8.26. The van der Waals surface area contributed by atoms with Gasteiger partial charge in [0.2, 0.25) is 5.95 Å². The van der Waals surface area contributed by atoms with Gasteiger partial charge in [-0.1, -0.05) is 48.5 Å². The predicted molar refractivity (Wildman–Crippen MR) is 173 cm³/mol. The minimum absolute atomic E-state index is 0.00323. The van der Waals surface area contributed by atoms with E-state index in [0.717, 1.165) is 46.4 Å². The van der Waals surface area contributed by atoms with E-state index in [2.05, 4.69) is 49.5 Å². The Morgan fingerprint density at radius 2 is 1.73 bits per heavy atom. The van der Waals surface area contributed by atoms with Crippen LogP contribution in [-0.4, -0.2) is 72.1 Å². The van der Waals surface area contributed by atoms with Crippen LogP contribution >= 0.6 is 0 Å². The molecule has 3 aromatic heterocycles. The molecule has 0 unspecified atom stereocenters. The van der Waals surface area contributed by atoms with Crippen molar-refractivity contribution in [1.82, 2.24) is 34.3 Å². The molecule has 4 heterocycles. The van der Waals surface area contributed by atoms with Crippen molar-refractivity contribution in [3.63, 3.8) is 0 Å². The van der Waals surface area contributed by atoms with E-state index in [1.165, 1.54) is 5.56 Å². The second-order valence-corrected chi connectivity index (χ2v) is 11.1. The molecule has 7 rings (SSSR count). The molecule has 2 amide bonds. The van der Waals surface area contributed by atoms with Gasteiger partial charge in [0, 0.05) is 62.2 Å². The summed E-state index contributed by atoms with van der Waals surface area (Å²) in [6.07, 6.45) is 7.17. The number of amides is 2. The molecule has 1 saturated heterocycles. The van der Waals surface area contributed by atoms with Crippen LogP contribution in [0.5, 0.6) is 0 Å². The predicted octanol–water partition coefficient (Wildman–Crippen LogP) is 5.58. The summed E-state index contributed by atoms with van der Waals surface area (Å²) in [7, 11) is 0. The Morgan fingerprint density at radius 3 is 2.64 bits per heavy atom. The zero-order valence-corrected chi connectivity index (χ0v) is 24.4. The molecule has 2 N–H and O–H groups in total. The number of para-hydroxylation sites is 2. The van der Waals surface area contributed by atoms with Gasteiger partial charge in [-0.3, -0.25) is 14.5 Å². The van der Waals surface area contributed by atoms with Crippen LogP contribution in [-0.2, 0) is 6.54 Å². The molecule has 3 aromatic carbocycles. The topological polar surface area (TPSA) is 104 Å². The number of piperazine rings is 1. The molecule has 0 aliphatic carbocycles. The van der Waals surface area contributed by atoms with Crippen LogP contribution in [0.2, 0.25) is 0 Å². The van der Waals surface area contributed by atoms with Crippen LogP contribution in [0.1, 0.15) is 12.5 Å². The van der Waals surface area contributed by atoms with Crippen molar-refractivity contribution >= 4 is 39.5 Å². The quantitative estimate of drug-likeness (QED) is 0.253. The SMILES string of the molecule is C[C@H](Nc1nccc(-n2cnc3ccccc32)n1)[C@H]1CN(C(=O)Nc2cccc3ccccc23)CCN1Cc1ccncc1. The summed E-state index contributed by atoms with van der Waals surface area (Å²) >= 11 is 0. The van der Waals surface area contributed by atoms with Gasteiger partial charge in [-0.05, 0) is 54.3 Å². The Morgan fingerprint density at radius 1 is 0.909 bits per heavy atom. The lowest BCUT2D eigenvalue weighted by Gasteiger charge is -2.44. The minimum Gasteiger partial charge on any atom is -0.350 e. The molecular formula is C34H33N9O. The number of carbonyl (C=O) groups excluding carboxylic acids is 1. The van der Waals surface area contributed by atoms with Gasteiger partial charge < -0.3 is 15.5 Å². The van der Waals surface area contributed by atoms with Crippen molar-refractivity contribution in [1.29, 1.82) is 0 Å². The Labute approximate surface area is 255 Å². The molecular weight excluding hydrogens is 550 g/mol. The molecule has 1 fully saturated rings. The average molecular weight is 584 g/mol. The highest BCUT2D eigenvalue weighted by molar-refractivity contribution is 6.01. The van der Waals surface area contributed by atoms with Crippen LogP contribution in [0.4, 0.5) is 16.4 Å². The smallest absolute Gasteiger partial charge is 0.321 e. The highest BCUT2D eigenvalue weighted by atomic mass is 16.2. The van der Waals surface area contributed by atoms with E-state index in [1.54, 1.807) is 12.5 Å². The molecule has 10 nitrogen and oxygen atoms in total. The number of hydrogen-bond acceptors (Lipinski definition) is 7. The van der Waals surface area contributed by atoms with Crippen LogP contribution < -0.4 is 10.6 Å². The molecule has 6 aromatic rings. The molecule has 0 saturated carbocycles. The number of carbonyl (C=O) groups is 1. The first-order chi connectivity index (χ1) is 21.6. The number of hydrogen-bond donors (Lipinski definition) is 2. The van der Waals surface area contributed by atoms with E-state index >= 15 is 0 Å². The largest absolute Gasteiger partial charge is 0.350 e. The van der Waals surface area contributed by atoms with E-state index in [-0.39, 0.29) is 18.1 Å². The molecule has 1 aliphatic heterocycles. The summed E-state index contributed by atoms with van der Waals surface area (Å²) in [5.74, 6) is 1.26. The molecule has 220 valence electrons. The van der Waals surface area contributed by atoms with Crippen molar-refractivity contribution < 1.29 is 4.79 Å². The lowest BCUT2D eigenvalue weighted by molar-refractivity contribution is 0.0801. The summed E-state index contributed by atoms with van der Waals surface area (Å²) < 4.78 is 1.96. The van der Waals surface area contributed by atoms with E-state index < -0.39 is 0 Å². The number of fused-ring (bicyclic) bond motifs is 2. The number of imidazole rings is 1. The molecule has 0 bridgehead atoms. The standard InChI is InChI=1S/C34H33N9O/c1-24(38-33-36-18-15-32(40-33)43-23-37-29-10-4-5-12-30(29)43)31-22-42(20-19-41(31)21-25-13-16-35-17-14-25)34(44)39-28-11-6-8-26-7-2-3-9-27(26)28/h2-18,23-24,31H,19-22H2,1H3,(H,39,44)(H,36,38,40)/t24-,31+/m0/s1. The summed E-state index contributed by atoms with van der Waals surface area (Å²) in [6, 6.07) is 27.8. The van der Waals surface area contributed by atoms with Gasteiger partial charge in [0.15, 0.2) is 0 Å². The first kappa shape index (κ1) is 27.5. The third-order valence-electron chi connectivity index (χ3n) is 8.26. The second kappa shape index (κ2) is 12.1. The van der Waals surface area contributed by atoms with Crippen LogP contribution in [0.25, 0.3) is 27.6 Å². The fourth-order valence-electron chi connectivity index (χ4n) is 5.95. The Kier molecular flexibility index (Phi) is 7.56. The maximum atomic E-state index is 13.6. The number of nitrogens with one attached hydrogen (secondary N) is 2. The maximum Gasteiger partial charge on any atom is 0.321 e. The summed E-state index contributed by atoms with van der Waals surface area (Å²) in [4.78, 5) is 36.0. The van der Waals surface area contributed by atoms with E-state index in [9.17, 15) is 4.79 Å². The number of nitrogens with zero attached hydrogens (tertiary/aromatic N) is 7. The van der Waals surface area contributed by atoms with Crippen molar-refractivity contribution in [3.05, 3.63) is 115 Å². The third kappa shape index (κ3) is 5.67. The number of anilines is 2. The van der Waals surface area contributed by atoms with Crippen LogP contribution in [0.15, 0.2) is 110 Å². The van der Waals surface area contributed by atoms with E-state index in [1.807, 2.05) is 94.7 Å². The molecule has 44 heavy (non-hydrogen) atoms. The van der Waals surface area contributed by atoms with Crippen molar-refractivity contribution in [2.24, 2.45) is 0 Å². The molecule has 0 spiro atoms. The fourth-order valence-corrected chi connectivity index (χ4v) is 5.95. The number of aromatic nitrogens is 5. The summed E-state index contributed by atoms with van der Waals surface area (Å²) in [6.45, 7) is 4.76. The van der Waals surface area contributed by atoms with E-state index in [4.69, 9.17) is 4.98 Å². The van der Waals surface area contributed by atoms with Crippen LogP contribution in [0, 0.1) is 0 Å². The number of benzene rings is 3. The molecule has 1 aliphatic rings. The summed E-state index contributed by atoms with van der Waals surface area (Å²) in [5.41, 5.74) is 3.88. The highest BCUT2D eigenvalue weighted by Gasteiger charge is 2.33. The Bertz CT molecular complexity index is 1900. The highest BCUT2D eigenvalue weighted by Crippen LogP contribution is 2.25. The number of pyridine rings is 1. The van der Waals surface area contributed by atoms with Crippen molar-refractivity contribution in [2.45, 2.75) is 25.6 Å². The van der Waals surface area contributed by atoms with Gasteiger partial charge in [-0.2, -0.15) is 4.98 Å². The lowest BCUT2D eigenvalue weighted by atomic mass is 10.0. The number of rotatable bonds is 7. The number of urea groups is 1. The van der Waals surface area contributed by atoms with Crippen molar-refractivity contribution in [2.75, 3.05) is 30.3 Å². The first-order valence-electron chi connectivity index (χ1n) is 14.8. The van der Waals surface area contributed by atoms with Gasteiger partial charge in [0.25, 0.3) is 0 Å². The molecule has 10 heteroatoms. The maximum absolute atomic E-state index is 13.6. The first-order valence-corrected chi connectivity index (χ1v) is 14.8. The van der Waals surface area contributed by atoms with Gasteiger partial charge in [-0.15, -0.1) is 0 Å². The average Bonchev–Trinajstić information content (AvgIpc) is 3.50. The normalized spacial score (nSPS) is 16.2.